The average molecular weight is 150 g/mol. The molecule has 11 heavy (non-hydrogen) atoms. The van der Waals surface area contributed by atoms with Gasteiger partial charge in [0, 0.05) is 5.92 Å². The number of aldehydes is 1. The molecule has 1 rings (SSSR count). The molecule has 0 bridgehead atoms. The third-order valence-electron chi connectivity index (χ3n) is 2.15. The molecule has 0 heterocycles. The topological polar surface area (TPSA) is 17.1 Å². The lowest BCUT2D eigenvalue weighted by Crippen LogP contribution is -2.15. The SMILES string of the molecule is C/C=C/[C@@H]1CC=CC[C@H]1C=O. The minimum absolute atomic E-state index is 0.219. The van der Waals surface area contributed by atoms with Crippen LogP contribution < -0.4 is 0 Å². The van der Waals surface area contributed by atoms with Crippen molar-refractivity contribution in [1.82, 2.24) is 0 Å². The van der Waals surface area contributed by atoms with E-state index in [0.717, 1.165) is 19.1 Å². The van der Waals surface area contributed by atoms with E-state index in [4.69, 9.17) is 0 Å². The molecule has 0 aliphatic heterocycles. The Kier molecular flexibility index (Phi) is 3.09. The number of hydrogen-bond donors (Lipinski definition) is 0. The van der Waals surface area contributed by atoms with Crippen molar-refractivity contribution >= 4 is 6.29 Å². The fourth-order valence-corrected chi connectivity index (χ4v) is 1.48. The van der Waals surface area contributed by atoms with E-state index in [1.807, 2.05) is 13.0 Å². The maximum absolute atomic E-state index is 10.6. The second-order valence-electron chi connectivity index (χ2n) is 2.93. The Balaban J connectivity index is 2.60. The smallest absolute Gasteiger partial charge is 0.123 e. The van der Waals surface area contributed by atoms with Crippen LogP contribution in [0.2, 0.25) is 0 Å². The maximum Gasteiger partial charge on any atom is 0.123 e. The van der Waals surface area contributed by atoms with Crippen molar-refractivity contribution < 1.29 is 4.79 Å². The average Bonchev–Trinajstić information content (AvgIpc) is 2.06. The predicted octanol–water partition coefficient (Wildman–Crippen LogP) is 2.34. The minimum Gasteiger partial charge on any atom is -0.303 e. The summed E-state index contributed by atoms with van der Waals surface area (Å²) in [6, 6.07) is 0. The Morgan fingerprint density at radius 1 is 1.27 bits per heavy atom. The van der Waals surface area contributed by atoms with Crippen LogP contribution in [-0.4, -0.2) is 6.29 Å². The van der Waals surface area contributed by atoms with Gasteiger partial charge in [-0.25, -0.2) is 0 Å². The van der Waals surface area contributed by atoms with Gasteiger partial charge in [0.15, 0.2) is 0 Å². The fourth-order valence-electron chi connectivity index (χ4n) is 1.48. The molecule has 2 atom stereocenters. The Hall–Kier alpha value is -0.850. The molecule has 0 N–H and O–H groups in total. The monoisotopic (exact) mass is 150 g/mol. The third kappa shape index (κ3) is 2.04. The van der Waals surface area contributed by atoms with Gasteiger partial charge in [-0.1, -0.05) is 24.3 Å². The van der Waals surface area contributed by atoms with Crippen LogP contribution in [0.15, 0.2) is 24.3 Å². The van der Waals surface area contributed by atoms with Gasteiger partial charge in [0.2, 0.25) is 0 Å². The van der Waals surface area contributed by atoms with Crippen molar-refractivity contribution in [3.63, 3.8) is 0 Å². The van der Waals surface area contributed by atoms with Crippen LogP contribution in [0, 0.1) is 11.8 Å². The number of allylic oxidation sites excluding steroid dienone is 4. The van der Waals surface area contributed by atoms with E-state index in [-0.39, 0.29) is 5.92 Å². The van der Waals surface area contributed by atoms with Gasteiger partial charge in [-0.3, -0.25) is 0 Å². The summed E-state index contributed by atoms with van der Waals surface area (Å²) in [7, 11) is 0. The Morgan fingerprint density at radius 2 is 1.91 bits per heavy atom. The highest BCUT2D eigenvalue weighted by Gasteiger charge is 2.18. The van der Waals surface area contributed by atoms with Crippen molar-refractivity contribution in [2.75, 3.05) is 0 Å². The van der Waals surface area contributed by atoms with Crippen molar-refractivity contribution in [3.8, 4) is 0 Å². The van der Waals surface area contributed by atoms with Crippen LogP contribution in [0.5, 0.6) is 0 Å². The van der Waals surface area contributed by atoms with Gasteiger partial charge < -0.3 is 4.79 Å². The van der Waals surface area contributed by atoms with Gasteiger partial charge in [-0.05, 0) is 25.7 Å². The van der Waals surface area contributed by atoms with Gasteiger partial charge in [0.25, 0.3) is 0 Å². The Bertz CT molecular complexity index is 179. The van der Waals surface area contributed by atoms with E-state index in [2.05, 4.69) is 18.2 Å². The molecule has 0 radical (unpaired) electrons. The fraction of sp³-hybridized carbons (Fsp3) is 0.500. The molecule has 0 aromatic carbocycles. The third-order valence-corrected chi connectivity index (χ3v) is 2.15. The van der Waals surface area contributed by atoms with E-state index >= 15 is 0 Å². The van der Waals surface area contributed by atoms with Crippen LogP contribution in [0.25, 0.3) is 0 Å². The first-order chi connectivity index (χ1) is 5.38. The number of carbonyl (C=O) groups excluding carboxylic acids is 1. The van der Waals surface area contributed by atoms with Crippen molar-refractivity contribution in [2.24, 2.45) is 11.8 Å². The summed E-state index contributed by atoms with van der Waals surface area (Å²) in [5.41, 5.74) is 0. The van der Waals surface area contributed by atoms with Crippen LogP contribution in [0.1, 0.15) is 19.8 Å². The van der Waals surface area contributed by atoms with Crippen LogP contribution in [0.4, 0.5) is 0 Å². The first kappa shape index (κ1) is 8.25. The van der Waals surface area contributed by atoms with Gasteiger partial charge in [0.1, 0.15) is 6.29 Å². The molecule has 0 spiro atoms. The zero-order chi connectivity index (χ0) is 8.10. The molecule has 0 unspecified atom stereocenters. The van der Waals surface area contributed by atoms with Gasteiger partial charge in [0.05, 0.1) is 0 Å². The maximum atomic E-state index is 10.6. The highest BCUT2D eigenvalue weighted by molar-refractivity contribution is 5.55. The zero-order valence-corrected chi connectivity index (χ0v) is 6.86. The summed E-state index contributed by atoms with van der Waals surface area (Å²) in [5.74, 6) is 0.665. The molecule has 1 nitrogen and oxygen atoms in total. The lowest BCUT2D eigenvalue weighted by Gasteiger charge is -2.20. The van der Waals surface area contributed by atoms with Gasteiger partial charge in [-0.15, -0.1) is 0 Å². The van der Waals surface area contributed by atoms with E-state index < -0.39 is 0 Å². The number of carbonyl (C=O) groups is 1. The lowest BCUT2D eigenvalue weighted by atomic mass is 9.84. The molecule has 1 heteroatoms. The molecular weight excluding hydrogens is 136 g/mol. The van der Waals surface area contributed by atoms with E-state index in [1.54, 1.807) is 0 Å². The summed E-state index contributed by atoms with van der Waals surface area (Å²) in [6.45, 7) is 2.00. The largest absolute Gasteiger partial charge is 0.303 e. The molecule has 0 fully saturated rings. The molecule has 1 aliphatic rings. The molecule has 0 saturated heterocycles. The van der Waals surface area contributed by atoms with Crippen LogP contribution in [0.3, 0.4) is 0 Å². The Morgan fingerprint density at radius 3 is 2.45 bits per heavy atom. The summed E-state index contributed by atoms with van der Waals surface area (Å²) in [5, 5.41) is 0. The molecule has 0 aromatic heterocycles. The van der Waals surface area contributed by atoms with Crippen molar-refractivity contribution in [2.45, 2.75) is 19.8 Å². The Labute approximate surface area is 67.8 Å². The van der Waals surface area contributed by atoms with E-state index in [9.17, 15) is 4.79 Å². The van der Waals surface area contributed by atoms with Crippen molar-refractivity contribution in [1.29, 1.82) is 0 Å². The van der Waals surface area contributed by atoms with Crippen LogP contribution >= 0.6 is 0 Å². The van der Waals surface area contributed by atoms with E-state index in [0.29, 0.717) is 5.92 Å². The summed E-state index contributed by atoms with van der Waals surface area (Å²) in [4.78, 5) is 10.6. The molecule has 0 amide bonds. The zero-order valence-electron chi connectivity index (χ0n) is 6.86. The molecule has 60 valence electrons. The highest BCUT2D eigenvalue weighted by atomic mass is 16.1. The molecular formula is C10H14O. The number of rotatable bonds is 2. The highest BCUT2D eigenvalue weighted by Crippen LogP contribution is 2.24. The lowest BCUT2D eigenvalue weighted by molar-refractivity contribution is -0.112. The van der Waals surface area contributed by atoms with E-state index in [1.165, 1.54) is 0 Å². The summed E-state index contributed by atoms with van der Waals surface area (Å²) >= 11 is 0. The standard InChI is InChI=1S/C10H14O/c1-2-5-9-6-3-4-7-10(9)8-11/h2-5,8-10H,6-7H2,1H3/b5-2+/t9-,10+/m1/s1. The summed E-state index contributed by atoms with van der Waals surface area (Å²) in [6.07, 6.45) is 11.4. The normalized spacial score (nSPS) is 31.0. The number of hydrogen-bond acceptors (Lipinski definition) is 1. The molecule has 1 aliphatic carbocycles. The molecule has 0 aromatic rings. The minimum atomic E-state index is 0.219. The van der Waals surface area contributed by atoms with Crippen LogP contribution in [-0.2, 0) is 4.79 Å². The second kappa shape index (κ2) is 4.12. The van der Waals surface area contributed by atoms with Gasteiger partial charge in [-0.2, -0.15) is 0 Å². The predicted molar refractivity (Wildman–Crippen MR) is 46.2 cm³/mol. The van der Waals surface area contributed by atoms with Gasteiger partial charge >= 0.3 is 0 Å². The second-order valence-corrected chi connectivity index (χ2v) is 2.93. The first-order valence-corrected chi connectivity index (χ1v) is 4.11. The summed E-state index contributed by atoms with van der Waals surface area (Å²) < 4.78 is 0. The van der Waals surface area contributed by atoms with Crippen molar-refractivity contribution in [3.05, 3.63) is 24.3 Å². The quantitative estimate of drug-likeness (QED) is 0.436. The first-order valence-electron chi connectivity index (χ1n) is 4.11. The molecule has 0 saturated carbocycles.